The van der Waals surface area contributed by atoms with Gasteiger partial charge in [-0.05, 0) is 12.1 Å². The van der Waals surface area contributed by atoms with Crippen LogP contribution in [0.2, 0.25) is 0 Å². The second-order valence-corrected chi connectivity index (χ2v) is 8.43. The van der Waals surface area contributed by atoms with Crippen LogP contribution in [0.3, 0.4) is 0 Å². The van der Waals surface area contributed by atoms with E-state index in [1.54, 1.807) is 0 Å². The number of carbonyl (C=O) groups excluding carboxylic acids is 1. The number of aliphatic hydroxyl groups is 7. The number of amides is 1. The van der Waals surface area contributed by atoms with Crippen LogP contribution >= 0.6 is 0 Å². The van der Waals surface area contributed by atoms with Crippen molar-refractivity contribution in [3.05, 3.63) is 34.4 Å². The second-order valence-electron chi connectivity index (χ2n) is 8.43. The Morgan fingerprint density at radius 3 is 2.26 bits per heavy atom. The second kappa shape index (κ2) is 10.3. The van der Waals surface area contributed by atoms with Crippen LogP contribution in [0, 0.1) is 10.1 Å². The Bertz CT molecular complexity index is 917. The Hall–Kier alpha value is -2.47. The molecule has 0 aliphatic carbocycles. The van der Waals surface area contributed by atoms with Gasteiger partial charge in [-0.25, -0.2) is 0 Å². The summed E-state index contributed by atoms with van der Waals surface area (Å²) in [6, 6.07) is 2.75. The van der Waals surface area contributed by atoms with Crippen molar-refractivity contribution in [3.63, 3.8) is 0 Å². The average Bonchev–Trinajstić information content (AvgIpc) is 2.82. The van der Waals surface area contributed by atoms with Crippen LogP contribution in [0.25, 0.3) is 0 Å². The van der Waals surface area contributed by atoms with Gasteiger partial charge in [0.1, 0.15) is 47.9 Å². The molecule has 1 amide bonds. The number of hydrogen-bond donors (Lipinski definition) is 8. The van der Waals surface area contributed by atoms with E-state index in [-0.39, 0.29) is 11.4 Å². The molecule has 196 valence electrons. The van der Waals surface area contributed by atoms with Gasteiger partial charge in [0.05, 0.1) is 24.7 Å². The van der Waals surface area contributed by atoms with Crippen LogP contribution in [0.4, 0.5) is 5.69 Å². The third kappa shape index (κ3) is 4.69. The monoisotopic (exact) mass is 504 g/mol. The fraction of sp³-hybridized carbons (Fsp3) is 0.650. The Balaban J connectivity index is 2.06. The molecule has 15 nitrogen and oxygen atoms in total. The minimum atomic E-state index is -2.96. The van der Waals surface area contributed by atoms with Crippen molar-refractivity contribution >= 4 is 11.6 Å². The van der Waals surface area contributed by atoms with Gasteiger partial charge >= 0.3 is 0 Å². The average molecular weight is 504 g/mol. The van der Waals surface area contributed by atoms with Crippen LogP contribution in [0.15, 0.2) is 24.3 Å². The lowest BCUT2D eigenvalue weighted by Crippen LogP contribution is -2.85. The van der Waals surface area contributed by atoms with Gasteiger partial charge in [0.15, 0.2) is 5.60 Å². The molecule has 3 rings (SSSR count). The highest BCUT2D eigenvalue weighted by molar-refractivity contribution is 5.73. The summed E-state index contributed by atoms with van der Waals surface area (Å²) in [6.07, 6.45) is -11.0. The highest BCUT2D eigenvalue weighted by atomic mass is 16.7. The number of ether oxygens (including phenoxy) is 3. The number of nitro benzene ring substituents is 1. The molecule has 0 aromatic heterocycles. The van der Waals surface area contributed by atoms with Gasteiger partial charge in [0.2, 0.25) is 12.2 Å². The summed E-state index contributed by atoms with van der Waals surface area (Å²) in [5, 5.41) is 87.4. The van der Waals surface area contributed by atoms with E-state index in [0.29, 0.717) is 0 Å². The summed E-state index contributed by atoms with van der Waals surface area (Å²) in [6.45, 7) is -1.52. The third-order valence-electron chi connectivity index (χ3n) is 6.28. The molecule has 0 spiro atoms. The number of rotatable bonds is 7. The molecule has 2 heterocycles. The van der Waals surface area contributed by atoms with E-state index in [9.17, 15) is 50.7 Å². The predicted molar refractivity (Wildman–Crippen MR) is 112 cm³/mol. The van der Waals surface area contributed by atoms with Gasteiger partial charge in [-0.2, -0.15) is 0 Å². The normalized spacial score (nSPS) is 39.6. The minimum Gasteiger partial charge on any atom is -0.463 e. The van der Waals surface area contributed by atoms with E-state index in [0.717, 1.165) is 19.1 Å². The molecule has 9 atom stereocenters. The summed E-state index contributed by atoms with van der Waals surface area (Å²) in [5.74, 6) is -0.827. The van der Waals surface area contributed by atoms with E-state index in [1.807, 2.05) is 0 Å². The first kappa shape index (κ1) is 27.1. The summed E-state index contributed by atoms with van der Waals surface area (Å²) in [4.78, 5) is 22.3. The van der Waals surface area contributed by atoms with Crippen molar-refractivity contribution in [2.24, 2.45) is 0 Å². The maximum Gasteiger partial charge on any atom is 0.269 e. The number of nitro groups is 1. The molecule has 2 saturated heterocycles. The lowest BCUT2D eigenvalue weighted by Gasteiger charge is -2.59. The Labute approximate surface area is 198 Å². The van der Waals surface area contributed by atoms with Crippen LogP contribution in [0.1, 0.15) is 6.92 Å². The SMILES string of the molecule is CC(=O)N[C@@H]1[C@@H](Oc2ccc([N+](=O)[O-])cc2)O[C@H](CO)[C@@H](O)[C@@]1(O)[C@@]1(O)CO[C@H](CO)[C@H](O)[C@@H]1O. The van der Waals surface area contributed by atoms with Crippen molar-refractivity contribution in [3.8, 4) is 5.75 Å². The zero-order valence-corrected chi connectivity index (χ0v) is 18.5. The van der Waals surface area contributed by atoms with E-state index in [2.05, 4.69) is 5.32 Å². The maximum atomic E-state index is 12.0. The first-order chi connectivity index (χ1) is 16.4. The van der Waals surface area contributed by atoms with Crippen molar-refractivity contribution in [1.82, 2.24) is 5.32 Å². The van der Waals surface area contributed by atoms with E-state index >= 15 is 0 Å². The zero-order chi connectivity index (χ0) is 26.1. The number of nitrogens with zero attached hydrogens (tertiary/aromatic N) is 1. The molecule has 2 aliphatic rings. The molecule has 1 aromatic carbocycles. The Kier molecular flexibility index (Phi) is 7.95. The van der Waals surface area contributed by atoms with E-state index in [1.165, 1.54) is 12.1 Å². The Morgan fingerprint density at radius 1 is 1.14 bits per heavy atom. The fourth-order valence-electron chi connectivity index (χ4n) is 4.36. The summed E-state index contributed by atoms with van der Waals surface area (Å²) in [5.41, 5.74) is -6.10. The van der Waals surface area contributed by atoms with Gasteiger partial charge in [-0.1, -0.05) is 0 Å². The van der Waals surface area contributed by atoms with Crippen molar-refractivity contribution in [2.45, 2.75) is 61.0 Å². The molecule has 0 radical (unpaired) electrons. The number of hydrogen-bond acceptors (Lipinski definition) is 13. The van der Waals surface area contributed by atoms with Gasteiger partial charge < -0.3 is 55.3 Å². The van der Waals surface area contributed by atoms with Crippen molar-refractivity contribution < 1.29 is 59.7 Å². The lowest BCUT2D eigenvalue weighted by molar-refractivity contribution is -0.384. The predicted octanol–water partition coefficient (Wildman–Crippen LogP) is -3.87. The third-order valence-corrected chi connectivity index (χ3v) is 6.28. The minimum absolute atomic E-state index is 0.0424. The summed E-state index contributed by atoms with van der Waals surface area (Å²) < 4.78 is 16.4. The molecule has 0 unspecified atom stereocenters. The molecule has 2 aliphatic heterocycles. The molecule has 8 N–H and O–H groups in total. The van der Waals surface area contributed by atoms with Gasteiger partial charge in [0, 0.05) is 19.1 Å². The zero-order valence-electron chi connectivity index (χ0n) is 18.5. The number of carbonyl (C=O) groups is 1. The largest absolute Gasteiger partial charge is 0.463 e. The first-order valence-electron chi connectivity index (χ1n) is 10.6. The van der Waals surface area contributed by atoms with Crippen molar-refractivity contribution in [1.29, 1.82) is 0 Å². The fourth-order valence-corrected chi connectivity index (χ4v) is 4.36. The molecule has 15 heteroatoms. The summed E-state index contributed by atoms with van der Waals surface area (Å²) >= 11 is 0. The number of benzene rings is 1. The quantitative estimate of drug-likeness (QED) is 0.131. The molecule has 1 aromatic rings. The molecule has 2 fully saturated rings. The molecular weight excluding hydrogens is 476 g/mol. The molecule has 0 bridgehead atoms. The summed E-state index contributed by atoms with van der Waals surface area (Å²) in [7, 11) is 0. The smallest absolute Gasteiger partial charge is 0.269 e. The van der Waals surface area contributed by atoms with E-state index in [4.69, 9.17) is 14.2 Å². The number of nitrogens with one attached hydrogen (secondary N) is 1. The van der Waals surface area contributed by atoms with Crippen LogP contribution in [-0.2, 0) is 14.3 Å². The molecular formula is C20H28N2O13. The lowest BCUT2D eigenvalue weighted by atomic mass is 9.65. The Morgan fingerprint density at radius 2 is 1.74 bits per heavy atom. The van der Waals surface area contributed by atoms with Gasteiger partial charge in [-0.15, -0.1) is 0 Å². The molecule has 0 saturated carbocycles. The van der Waals surface area contributed by atoms with Crippen molar-refractivity contribution in [2.75, 3.05) is 19.8 Å². The number of non-ortho nitro benzene ring substituents is 1. The van der Waals surface area contributed by atoms with Gasteiger partial charge in [0.25, 0.3) is 5.69 Å². The van der Waals surface area contributed by atoms with E-state index < -0.39 is 84.7 Å². The maximum absolute atomic E-state index is 12.0. The topological polar surface area (TPSA) is 242 Å². The van der Waals surface area contributed by atoms with Crippen LogP contribution in [-0.4, -0.2) is 120 Å². The molecule has 35 heavy (non-hydrogen) atoms. The highest BCUT2D eigenvalue weighted by Crippen LogP contribution is 2.43. The first-order valence-corrected chi connectivity index (χ1v) is 10.6. The van der Waals surface area contributed by atoms with Crippen LogP contribution < -0.4 is 10.1 Å². The van der Waals surface area contributed by atoms with Crippen LogP contribution in [0.5, 0.6) is 5.75 Å². The standard InChI is InChI=1S/C20H28N2O13/c1-9(25)21-15-18(34-11-4-2-10(3-5-11)22(31)32)35-13(7-24)16(27)20(15,30)19(29)8-33-12(6-23)14(26)17(19)28/h2-5,12-18,23-24,26-30H,6-8H2,1H3,(H,21,25)/t12-,13-,14+,15-,16-,17+,18+,19-,20-/m1/s1. The van der Waals surface area contributed by atoms with Gasteiger partial charge in [-0.3, -0.25) is 14.9 Å². The highest BCUT2D eigenvalue weighted by Gasteiger charge is 2.71. The number of aliphatic hydroxyl groups excluding tert-OH is 5.